The second-order valence-corrected chi connectivity index (χ2v) is 11.5. The van der Waals surface area contributed by atoms with Crippen molar-refractivity contribution in [1.29, 1.82) is 0 Å². The molecule has 1 fully saturated rings. The zero-order chi connectivity index (χ0) is 33.7. The fraction of sp³-hybridized carbons (Fsp3) is 0.222. The van der Waals surface area contributed by atoms with Gasteiger partial charge in [0.15, 0.2) is 16.6 Å². The van der Waals surface area contributed by atoms with Gasteiger partial charge in [-0.2, -0.15) is 0 Å². The average Bonchev–Trinajstić information content (AvgIpc) is 3.59. The van der Waals surface area contributed by atoms with E-state index in [1.54, 1.807) is 49.4 Å². The van der Waals surface area contributed by atoms with Crippen molar-refractivity contribution in [2.75, 3.05) is 25.2 Å². The van der Waals surface area contributed by atoms with Gasteiger partial charge in [0.25, 0.3) is 5.78 Å². The molecule has 0 saturated carbocycles. The second kappa shape index (κ2) is 14.3. The molecule has 1 saturated heterocycles. The summed E-state index contributed by atoms with van der Waals surface area (Å²) in [6.07, 6.45) is 1.44. The Morgan fingerprint density at radius 3 is 2.47 bits per heavy atom. The molecular weight excluding hydrogens is 620 g/mol. The standard InChI is InChI=1S/C36H34N2O8S/c1-6-18-45-35(42)33-22(4)37-36(47-33)38-30(24-14-17-27(44-7-2)28(19-24)43-5)29(32(40)34(38)41)31(39)23-12-15-26(16-13-23)46-20-25-11-9-8-10-21(25)3/h6,8-17,19,30,39H,1,7,18,20H2,2-5H3/b31-29+. The van der Waals surface area contributed by atoms with Crippen LogP contribution in [0.15, 0.2) is 85.0 Å². The van der Waals surface area contributed by atoms with Crippen molar-refractivity contribution in [2.24, 2.45) is 0 Å². The summed E-state index contributed by atoms with van der Waals surface area (Å²) in [6, 6.07) is 18.4. The normalized spacial score (nSPS) is 15.4. The maximum atomic E-state index is 13.7. The highest BCUT2D eigenvalue weighted by Crippen LogP contribution is 2.45. The topological polar surface area (TPSA) is 124 Å². The van der Waals surface area contributed by atoms with Gasteiger partial charge >= 0.3 is 11.9 Å². The number of Topliss-reactive ketones (excluding diaryl/α,β-unsaturated/α-hetero) is 1. The minimum atomic E-state index is -1.11. The zero-order valence-electron chi connectivity index (χ0n) is 26.4. The molecule has 0 aliphatic carbocycles. The third kappa shape index (κ3) is 6.75. The Hall–Kier alpha value is -5.42. The molecule has 1 aliphatic rings. The largest absolute Gasteiger partial charge is 0.507 e. The van der Waals surface area contributed by atoms with Crippen LogP contribution >= 0.6 is 11.3 Å². The number of benzene rings is 3. The van der Waals surface area contributed by atoms with Crippen molar-refractivity contribution in [3.05, 3.63) is 118 Å². The maximum Gasteiger partial charge on any atom is 0.350 e. The summed E-state index contributed by atoms with van der Waals surface area (Å²) in [7, 11) is 1.48. The number of aliphatic hydroxyl groups is 1. The predicted octanol–water partition coefficient (Wildman–Crippen LogP) is 6.72. The Labute approximate surface area is 276 Å². The second-order valence-electron chi connectivity index (χ2n) is 10.6. The van der Waals surface area contributed by atoms with Crippen LogP contribution < -0.4 is 19.1 Å². The van der Waals surface area contributed by atoms with Gasteiger partial charge in [-0.15, -0.1) is 0 Å². The summed E-state index contributed by atoms with van der Waals surface area (Å²) >= 11 is 0.913. The number of carbonyl (C=O) groups excluding carboxylic acids is 3. The fourth-order valence-corrected chi connectivity index (χ4v) is 6.13. The lowest BCUT2D eigenvalue weighted by Crippen LogP contribution is -2.29. The number of rotatable bonds is 12. The maximum absolute atomic E-state index is 13.7. The molecule has 3 aromatic carbocycles. The minimum Gasteiger partial charge on any atom is -0.507 e. The van der Waals surface area contributed by atoms with Crippen LogP contribution in [0, 0.1) is 13.8 Å². The molecule has 0 bridgehead atoms. The molecule has 1 aliphatic heterocycles. The number of amides is 1. The molecule has 0 radical (unpaired) electrons. The molecular formula is C36H34N2O8S. The first-order valence-electron chi connectivity index (χ1n) is 14.8. The van der Waals surface area contributed by atoms with Gasteiger partial charge in [0.05, 0.1) is 31.0 Å². The highest BCUT2D eigenvalue weighted by molar-refractivity contribution is 7.17. The van der Waals surface area contributed by atoms with E-state index in [-0.39, 0.29) is 27.9 Å². The molecule has 11 heteroatoms. The van der Waals surface area contributed by atoms with Gasteiger partial charge in [-0.1, -0.05) is 54.3 Å². The van der Waals surface area contributed by atoms with Crippen molar-refractivity contribution in [3.63, 3.8) is 0 Å². The molecule has 1 aromatic heterocycles. The van der Waals surface area contributed by atoms with Gasteiger partial charge in [0.2, 0.25) is 0 Å². The average molecular weight is 655 g/mol. The number of ketones is 1. The summed E-state index contributed by atoms with van der Waals surface area (Å²) in [5.41, 5.74) is 3.07. The van der Waals surface area contributed by atoms with Crippen LogP contribution in [0.4, 0.5) is 5.13 Å². The zero-order valence-corrected chi connectivity index (χ0v) is 27.3. The molecule has 2 heterocycles. The van der Waals surface area contributed by atoms with Crippen molar-refractivity contribution in [3.8, 4) is 17.2 Å². The van der Waals surface area contributed by atoms with Crippen LogP contribution in [0.3, 0.4) is 0 Å². The van der Waals surface area contributed by atoms with Crippen LogP contribution in [0.1, 0.15) is 50.6 Å². The minimum absolute atomic E-state index is 0.00226. The van der Waals surface area contributed by atoms with Crippen molar-refractivity contribution in [2.45, 2.75) is 33.4 Å². The van der Waals surface area contributed by atoms with Gasteiger partial charge < -0.3 is 24.1 Å². The van der Waals surface area contributed by atoms with Crippen molar-refractivity contribution in [1.82, 2.24) is 4.98 Å². The summed E-state index contributed by atoms with van der Waals surface area (Å²) in [5, 5.41) is 11.7. The quantitative estimate of drug-likeness (QED) is 0.0583. The van der Waals surface area contributed by atoms with E-state index in [1.807, 2.05) is 38.1 Å². The Morgan fingerprint density at radius 2 is 1.79 bits per heavy atom. The molecule has 4 aromatic rings. The van der Waals surface area contributed by atoms with E-state index in [0.717, 1.165) is 22.5 Å². The highest BCUT2D eigenvalue weighted by Gasteiger charge is 2.48. The number of hydrogen-bond acceptors (Lipinski definition) is 10. The number of aliphatic hydroxyl groups excluding tert-OH is 1. The number of methoxy groups -OCH3 is 1. The molecule has 1 atom stereocenters. The lowest BCUT2D eigenvalue weighted by Gasteiger charge is -2.24. The third-order valence-corrected chi connectivity index (χ3v) is 8.68. The first-order valence-corrected chi connectivity index (χ1v) is 15.6. The first-order chi connectivity index (χ1) is 22.7. The Bertz CT molecular complexity index is 1860. The van der Waals surface area contributed by atoms with Gasteiger partial charge in [-0.05, 0) is 73.9 Å². The number of hydrogen-bond donors (Lipinski definition) is 1. The van der Waals surface area contributed by atoms with Gasteiger partial charge in [-0.3, -0.25) is 14.5 Å². The predicted molar refractivity (Wildman–Crippen MR) is 178 cm³/mol. The number of anilines is 1. The van der Waals surface area contributed by atoms with E-state index in [2.05, 4.69) is 11.6 Å². The molecule has 242 valence electrons. The lowest BCUT2D eigenvalue weighted by molar-refractivity contribution is -0.132. The Kier molecular flexibility index (Phi) is 10.1. The Balaban J connectivity index is 1.57. The number of thiazole rings is 1. The van der Waals surface area contributed by atoms with E-state index < -0.39 is 23.7 Å². The molecule has 5 rings (SSSR count). The van der Waals surface area contributed by atoms with E-state index in [4.69, 9.17) is 18.9 Å². The van der Waals surface area contributed by atoms with E-state index in [0.29, 0.717) is 47.3 Å². The lowest BCUT2D eigenvalue weighted by atomic mass is 9.95. The van der Waals surface area contributed by atoms with Gasteiger partial charge in [-0.25, -0.2) is 9.78 Å². The number of nitrogens with zero attached hydrogens (tertiary/aromatic N) is 2. The van der Waals surface area contributed by atoms with Crippen LogP contribution in [0.5, 0.6) is 17.2 Å². The van der Waals surface area contributed by atoms with E-state index >= 15 is 0 Å². The molecule has 0 spiro atoms. The van der Waals surface area contributed by atoms with Crippen molar-refractivity contribution >= 4 is 39.9 Å². The first kappa shape index (κ1) is 33.0. The number of esters is 1. The summed E-state index contributed by atoms with van der Waals surface area (Å²) < 4.78 is 22.4. The smallest absolute Gasteiger partial charge is 0.350 e. The molecule has 1 amide bonds. The van der Waals surface area contributed by atoms with E-state index in [9.17, 15) is 19.5 Å². The molecule has 47 heavy (non-hydrogen) atoms. The number of aryl methyl sites for hydroxylation is 2. The van der Waals surface area contributed by atoms with Gasteiger partial charge in [0, 0.05) is 5.56 Å². The number of aromatic nitrogens is 1. The van der Waals surface area contributed by atoms with Crippen LogP contribution in [0.2, 0.25) is 0 Å². The van der Waals surface area contributed by atoms with Crippen LogP contribution in [0.25, 0.3) is 5.76 Å². The molecule has 10 nitrogen and oxygen atoms in total. The number of ether oxygens (including phenoxy) is 4. The summed E-state index contributed by atoms with van der Waals surface area (Å²) in [6.45, 7) is 9.76. The Morgan fingerprint density at radius 1 is 1.04 bits per heavy atom. The van der Waals surface area contributed by atoms with Crippen molar-refractivity contribution < 1.29 is 38.4 Å². The monoisotopic (exact) mass is 654 g/mol. The summed E-state index contributed by atoms with van der Waals surface area (Å²) in [5.74, 6) is -1.44. The highest BCUT2D eigenvalue weighted by atomic mass is 32.1. The van der Waals surface area contributed by atoms with Gasteiger partial charge in [0.1, 0.15) is 29.6 Å². The molecule has 1 N–H and O–H groups in total. The van der Waals surface area contributed by atoms with Crippen LogP contribution in [-0.4, -0.2) is 48.1 Å². The van der Waals surface area contributed by atoms with Crippen LogP contribution in [-0.2, 0) is 20.9 Å². The SMILES string of the molecule is C=CCOC(=O)c1sc(N2C(=O)C(=O)/C(=C(/O)c3ccc(OCc4ccccc4C)cc3)C2c2ccc(OCC)c(OC)c2)nc1C. The van der Waals surface area contributed by atoms with E-state index in [1.165, 1.54) is 18.1 Å². The molecule has 1 unspecified atom stereocenters. The summed E-state index contributed by atoms with van der Waals surface area (Å²) in [4.78, 5) is 46.0. The third-order valence-electron chi connectivity index (χ3n) is 7.54. The number of carbonyl (C=O) groups is 3. The fourth-order valence-electron chi connectivity index (χ4n) is 5.15.